The van der Waals surface area contributed by atoms with Crippen LogP contribution >= 0.6 is 0 Å². The fraction of sp³-hybridized carbons (Fsp3) is 0. The molecule has 68 valence electrons. The fourth-order valence-corrected chi connectivity index (χ4v) is 1.50. The first-order chi connectivity index (χ1) is 6.95. The summed E-state index contributed by atoms with van der Waals surface area (Å²) in [4.78, 5) is 3.02. The lowest BCUT2D eigenvalue weighted by atomic mass is 10.1. The van der Waals surface area contributed by atoms with E-state index in [1.807, 2.05) is 18.5 Å². The summed E-state index contributed by atoms with van der Waals surface area (Å²) in [6.07, 6.45) is 7.19. The second kappa shape index (κ2) is 2.66. The Morgan fingerprint density at radius 2 is 2.21 bits per heavy atom. The van der Waals surface area contributed by atoms with Crippen molar-refractivity contribution in [1.82, 2.24) is 25.4 Å². The predicted octanol–water partition coefficient (Wildman–Crippen LogP) is 1.35. The normalized spacial score (nSPS) is 10.9. The zero-order valence-corrected chi connectivity index (χ0v) is 7.23. The number of hydrogen-bond donors (Lipinski definition) is 2. The lowest BCUT2D eigenvalue weighted by Crippen LogP contribution is -1.84. The van der Waals surface area contributed by atoms with Gasteiger partial charge in [-0.3, -0.25) is 5.10 Å². The standard InChI is InChI=1S/C9H7N5/c1-2-10-9-7(1)8(5-13-14-9)6-3-11-12-4-6/h1-5H,(H,10,14)(H,11,12). The zero-order chi connectivity index (χ0) is 9.38. The zero-order valence-electron chi connectivity index (χ0n) is 7.23. The van der Waals surface area contributed by atoms with Crippen molar-refractivity contribution in [1.29, 1.82) is 0 Å². The molecule has 0 aliphatic rings. The van der Waals surface area contributed by atoms with Crippen molar-refractivity contribution in [2.45, 2.75) is 0 Å². The predicted molar refractivity (Wildman–Crippen MR) is 51.5 cm³/mol. The van der Waals surface area contributed by atoms with Crippen molar-refractivity contribution in [2.75, 3.05) is 0 Å². The van der Waals surface area contributed by atoms with Gasteiger partial charge in [0, 0.05) is 28.9 Å². The second-order valence-electron chi connectivity index (χ2n) is 2.99. The van der Waals surface area contributed by atoms with E-state index in [1.54, 1.807) is 12.4 Å². The average molecular weight is 185 g/mol. The first-order valence-corrected chi connectivity index (χ1v) is 4.23. The maximum absolute atomic E-state index is 3.98. The van der Waals surface area contributed by atoms with Crippen molar-refractivity contribution in [2.24, 2.45) is 0 Å². The minimum absolute atomic E-state index is 0.795. The van der Waals surface area contributed by atoms with Crippen LogP contribution in [0.5, 0.6) is 0 Å². The summed E-state index contributed by atoms with van der Waals surface area (Å²) < 4.78 is 0. The summed E-state index contributed by atoms with van der Waals surface area (Å²) in [6, 6.07) is 1.98. The molecule has 0 saturated carbocycles. The Bertz CT molecular complexity index is 551. The van der Waals surface area contributed by atoms with E-state index in [0.717, 1.165) is 22.2 Å². The molecular formula is C9H7N5. The third-order valence-electron chi connectivity index (χ3n) is 2.17. The van der Waals surface area contributed by atoms with Gasteiger partial charge in [-0.1, -0.05) is 0 Å². The summed E-state index contributed by atoms with van der Waals surface area (Å²) in [6.45, 7) is 0. The van der Waals surface area contributed by atoms with Crippen molar-refractivity contribution >= 4 is 11.0 Å². The molecule has 0 fully saturated rings. The minimum atomic E-state index is 0.795. The van der Waals surface area contributed by atoms with E-state index in [-0.39, 0.29) is 0 Å². The molecule has 0 amide bonds. The first kappa shape index (κ1) is 7.25. The molecule has 0 saturated heterocycles. The van der Waals surface area contributed by atoms with Crippen LogP contribution in [0, 0.1) is 0 Å². The molecule has 0 radical (unpaired) electrons. The van der Waals surface area contributed by atoms with Gasteiger partial charge >= 0.3 is 0 Å². The number of fused-ring (bicyclic) bond motifs is 1. The van der Waals surface area contributed by atoms with Gasteiger partial charge in [-0.15, -0.1) is 5.10 Å². The van der Waals surface area contributed by atoms with Gasteiger partial charge in [-0.05, 0) is 6.07 Å². The average Bonchev–Trinajstić information content (AvgIpc) is 2.88. The molecule has 0 atom stereocenters. The van der Waals surface area contributed by atoms with Gasteiger partial charge in [-0.2, -0.15) is 10.2 Å². The molecule has 0 spiro atoms. The van der Waals surface area contributed by atoms with Crippen molar-refractivity contribution in [3.63, 3.8) is 0 Å². The molecule has 5 heteroatoms. The van der Waals surface area contributed by atoms with E-state index in [9.17, 15) is 0 Å². The van der Waals surface area contributed by atoms with Crippen molar-refractivity contribution in [3.05, 3.63) is 30.9 Å². The largest absolute Gasteiger partial charge is 0.345 e. The highest BCUT2D eigenvalue weighted by molar-refractivity contribution is 5.91. The number of H-pyrrole nitrogens is 2. The fourth-order valence-electron chi connectivity index (χ4n) is 1.50. The number of aromatic amines is 2. The Balaban J connectivity index is 2.36. The van der Waals surface area contributed by atoms with E-state index in [1.165, 1.54) is 0 Å². The van der Waals surface area contributed by atoms with Gasteiger partial charge in [-0.25, -0.2) is 0 Å². The Labute approximate surface area is 79.2 Å². The van der Waals surface area contributed by atoms with Crippen LogP contribution < -0.4 is 0 Å². The summed E-state index contributed by atoms with van der Waals surface area (Å²) in [7, 11) is 0. The highest BCUT2D eigenvalue weighted by Crippen LogP contribution is 2.24. The smallest absolute Gasteiger partial charge is 0.160 e. The highest BCUT2D eigenvalue weighted by Gasteiger charge is 2.06. The third kappa shape index (κ3) is 0.922. The van der Waals surface area contributed by atoms with Crippen LogP contribution in [0.2, 0.25) is 0 Å². The van der Waals surface area contributed by atoms with E-state index in [2.05, 4.69) is 25.4 Å². The number of nitrogens with zero attached hydrogens (tertiary/aromatic N) is 3. The molecule has 3 heterocycles. The second-order valence-corrected chi connectivity index (χ2v) is 2.99. The molecule has 0 aliphatic carbocycles. The van der Waals surface area contributed by atoms with E-state index in [4.69, 9.17) is 0 Å². The number of nitrogens with one attached hydrogen (secondary N) is 2. The summed E-state index contributed by atoms with van der Waals surface area (Å²) in [5.74, 6) is 0. The van der Waals surface area contributed by atoms with Gasteiger partial charge in [0.25, 0.3) is 0 Å². The molecule has 14 heavy (non-hydrogen) atoms. The summed E-state index contributed by atoms with van der Waals surface area (Å²) >= 11 is 0. The maximum atomic E-state index is 3.98. The highest BCUT2D eigenvalue weighted by atomic mass is 15.1. The van der Waals surface area contributed by atoms with Gasteiger partial charge in [0.2, 0.25) is 0 Å². The molecule has 0 bridgehead atoms. The van der Waals surface area contributed by atoms with Crippen LogP contribution in [-0.2, 0) is 0 Å². The Hall–Kier alpha value is -2.17. The molecule has 0 aliphatic heterocycles. The number of aromatic nitrogens is 5. The van der Waals surface area contributed by atoms with Gasteiger partial charge in [0.1, 0.15) is 0 Å². The molecule has 2 N–H and O–H groups in total. The lowest BCUT2D eigenvalue weighted by molar-refractivity contribution is 1.06. The van der Waals surface area contributed by atoms with Crippen LogP contribution in [0.25, 0.3) is 22.2 Å². The van der Waals surface area contributed by atoms with E-state index >= 15 is 0 Å². The Kier molecular flexibility index (Phi) is 1.38. The lowest BCUT2D eigenvalue weighted by Gasteiger charge is -1.96. The van der Waals surface area contributed by atoms with Crippen LogP contribution in [0.1, 0.15) is 0 Å². The third-order valence-corrected chi connectivity index (χ3v) is 2.17. The molecule has 3 aromatic heterocycles. The molecule has 3 rings (SSSR count). The van der Waals surface area contributed by atoms with Crippen molar-refractivity contribution in [3.8, 4) is 11.1 Å². The Morgan fingerprint density at radius 1 is 1.21 bits per heavy atom. The van der Waals surface area contributed by atoms with Crippen LogP contribution in [-0.4, -0.2) is 25.4 Å². The molecule has 5 nitrogen and oxygen atoms in total. The minimum Gasteiger partial charge on any atom is -0.345 e. The molecular weight excluding hydrogens is 178 g/mol. The van der Waals surface area contributed by atoms with E-state index < -0.39 is 0 Å². The van der Waals surface area contributed by atoms with Gasteiger partial charge in [0.05, 0.1) is 12.4 Å². The van der Waals surface area contributed by atoms with Crippen LogP contribution in [0.4, 0.5) is 0 Å². The Morgan fingerprint density at radius 3 is 3.07 bits per heavy atom. The maximum Gasteiger partial charge on any atom is 0.160 e. The number of rotatable bonds is 1. The SMILES string of the molecule is c1cc2c(-c3cn[nH]c3)cnnc2[nH]1. The monoisotopic (exact) mass is 185 g/mol. The molecule has 0 unspecified atom stereocenters. The topological polar surface area (TPSA) is 70.2 Å². The van der Waals surface area contributed by atoms with Crippen LogP contribution in [0.3, 0.4) is 0 Å². The number of hydrogen-bond acceptors (Lipinski definition) is 3. The molecule has 0 aromatic carbocycles. The van der Waals surface area contributed by atoms with Gasteiger partial charge in [0.15, 0.2) is 5.65 Å². The molecule has 3 aromatic rings. The van der Waals surface area contributed by atoms with Crippen molar-refractivity contribution < 1.29 is 0 Å². The first-order valence-electron chi connectivity index (χ1n) is 4.23. The van der Waals surface area contributed by atoms with E-state index in [0.29, 0.717) is 0 Å². The quantitative estimate of drug-likeness (QED) is 0.601. The van der Waals surface area contributed by atoms with Crippen LogP contribution in [0.15, 0.2) is 30.9 Å². The van der Waals surface area contributed by atoms with Gasteiger partial charge < -0.3 is 4.98 Å². The summed E-state index contributed by atoms with van der Waals surface area (Å²) in [5, 5.41) is 15.6. The summed E-state index contributed by atoms with van der Waals surface area (Å²) in [5.41, 5.74) is 2.85.